The van der Waals surface area contributed by atoms with Crippen molar-refractivity contribution in [3.63, 3.8) is 0 Å². The Morgan fingerprint density at radius 3 is 2.36 bits per heavy atom. The third kappa shape index (κ3) is 5.11. The number of rotatable bonds is 6. The first-order valence-corrected chi connectivity index (χ1v) is 9.58. The van der Waals surface area contributed by atoms with E-state index in [0.29, 0.717) is 6.54 Å². The number of halogens is 1. The summed E-state index contributed by atoms with van der Waals surface area (Å²) in [5.74, 6) is -0.678. The molecule has 0 aromatic heterocycles. The maximum atomic E-state index is 13.1. The lowest BCUT2D eigenvalue weighted by atomic mass is 10.1. The molecular formula is C18H21FN2O3S. The second kappa shape index (κ2) is 7.76. The predicted molar refractivity (Wildman–Crippen MR) is 94.7 cm³/mol. The Kier molecular flexibility index (Phi) is 5.92. The van der Waals surface area contributed by atoms with E-state index in [1.54, 1.807) is 18.2 Å². The summed E-state index contributed by atoms with van der Waals surface area (Å²) in [6.45, 7) is 0.306. The number of nitrogens with zero attached hydrogens (tertiary/aromatic N) is 1. The molecule has 25 heavy (non-hydrogen) atoms. The minimum Gasteiger partial charge on any atom is -0.350 e. The van der Waals surface area contributed by atoms with E-state index >= 15 is 0 Å². The molecule has 5 nitrogen and oxygen atoms in total. The zero-order chi connectivity index (χ0) is 18.6. The van der Waals surface area contributed by atoms with Crippen LogP contribution in [0.25, 0.3) is 0 Å². The SMILES string of the molecule is CN(C)C(CNC(=O)c1cccc(S(C)(=O)=O)c1)c1ccc(F)cc1. The molecule has 1 atom stereocenters. The molecule has 2 aromatic rings. The molecule has 0 fully saturated rings. The van der Waals surface area contributed by atoms with E-state index in [2.05, 4.69) is 5.32 Å². The van der Waals surface area contributed by atoms with E-state index in [1.807, 2.05) is 19.0 Å². The molecule has 0 heterocycles. The fourth-order valence-corrected chi connectivity index (χ4v) is 3.11. The lowest BCUT2D eigenvalue weighted by molar-refractivity contribution is 0.0941. The highest BCUT2D eigenvalue weighted by Gasteiger charge is 2.17. The number of hydrogen-bond donors (Lipinski definition) is 1. The van der Waals surface area contributed by atoms with E-state index in [4.69, 9.17) is 0 Å². The highest BCUT2D eigenvalue weighted by molar-refractivity contribution is 7.90. The van der Waals surface area contributed by atoms with Crippen LogP contribution in [0.4, 0.5) is 4.39 Å². The van der Waals surface area contributed by atoms with Gasteiger partial charge in [-0.3, -0.25) is 4.79 Å². The Morgan fingerprint density at radius 1 is 1.16 bits per heavy atom. The van der Waals surface area contributed by atoms with Crippen molar-refractivity contribution in [1.29, 1.82) is 0 Å². The van der Waals surface area contributed by atoms with Crippen LogP contribution in [-0.4, -0.2) is 46.1 Å². The third-order valence-electron chi connectivity index (χ3n) is 3.86. The molecule has 7 heteroatoms. The third-order valence-corrected chi connectivity index (χ3v) is 4.97. The molecule has 1 amide bonds. The van der Waals surface area contributed by atoms with Crippen LogP contribution in [0.1, 0.15) is 22.0 Å². The molecule has 2 aromatic carbocycles. The molecule has 0 bridgehead atoms. The molecule has 0 aliphatic carbocycles. The molecule has 0 saturated heterocycles. The number of carbonyl (C=O) groups is 1. The molecule has 1 unspecified atom stereocenters. The second-order valence-corrected chi connectivity index (χ2v) is 8.06. The van der Waals surface area contributed by atoms with Crippen LogP contribution in [-0.2, 0) is 9.84 Å². The highest BCUT2D eigenvalue weighted by Crippen LogP contribution is 2.18. The van der Waals surface area contributed by atoms with Gasteiger partial charge in [-0.25, -0.2) is 12.8 Å². The van der Waals surface area contributed by atoms with Gasteiger partial charge in [-0.2, -0.15) is 0 Å². The summed E-state index contributed by atoms with van der Waals surface area (Å²) in [5.41, 5.74) is 1.15. The first-order valence-electron chi connectivity index (χ1n) is 7.68. The molecule has 0 aliphatic rings. The first kappa shape index (κ1) is 19.1. The Hall–Kier alpha value is -2.25. The summed E-state index contributed by atoms with van der Waals surface area (Å²) in [6, 6.07) is 11.9. The topological polar surface area (TPSA) is 66.5 Å². The molecule has 0 radical (unpaired) electrons. The number of benzene rings is 2. The summed E-state index contributed by atoms with van der Waals surface area (Å²) >= 11 is 0. The molecule has 134 valence electrons. The lowest BCUT2D eigenvalue weighted by Gasteiger charge is -2.25. The Balaban J connectivity index is 2.13. The molecule has 2 rings (SSSR count). The average Bonchev–Trinajstić information content (AvgIpc) is 2.55. The van der Waals surface area contributed by atoms with Crippen LogP contribution >= 0.6 is 0 Å². The summed E-state index contributed by atoms with van der Waals surface area (Å²) < 4.78 is 36.3. The van der Waals surface area contributed by atoms with Gasteiger partial charge in [-0.05, 0) is 50.0 Å². The largest absolute Gasteiger partial charge is 0.350 e. The van der Waals surface area contributed by atoms with Gasteiger partial charge in [0.15, 0.2) is 9.84 Å². The molecule has 1 N–H and O–H groups in total. The first-order chi connectivity index (χ1) is 11.7. The fraction of sp³-hybridized carbons (Fsp3) is 0.278. The van der Waals surface area contributed by atoms with Crippen molar-refractivity contribution in [1.82, 2.24) is 10.2 Å². The minimum absolute atomic E-state index is 0.0999. The van der Waals surface area contributed by atoms with Crippen molar-refractivity contribution >= 4 is 15.7 Å². The van der Waals surface area contributed by atoms with Crippen LogP contribution in [0.5, 0.6) is 0 Å². The van der Waals surface area contributed by atoms with E-state index in [0.717, 1.165) is 11.8 Å². The van der Waals surface area contributed by atoms with Crippen LogP contribution in [0, 0.1) is 5.82 Å². The number of carbonyl (C=O) groups excluding carboxylic acids is 1. The van der Waals surface area contributed by atoms with Gasteiger partial charge < -0.3 is 10.2 Å². The van der Waals surface area contributed by atoms with Gasteiger partial charge in [0.05, 0.1) is 10.9 Å². The van der Waals surface area contributed by atoms with Gasteiger partial charge in [0.1, 0.15) is 5.82 Å². The van der Waals surface area contributed by atoms with Gasteiger partial charge in [0, 0.05) is 18.4 Å². The number of amides is 1. The van der Waals surface area contributed by atoms with Gasteiger partial charge >= 0.3 is 0 Å². The van der Waals surface area contributed by atoms with Crippen molar-refractivity contribution in [3.05, 3.63) is 65.5 Å². The number of likely N-dealkylation sites (N-methyl/N-ethyl adjacent to an activating group) is 1. The van der Waals surface area contributed by atoms with E-state index in [-0.39, 0.29) is 28.2 Å². The predicted octanol–water partition coefficient (Wildman–Crippen LogP) is 2.26. The van der Waals surface area contributed by atoms with Crippen LogP contribution in [0.2, 0.25) is 0 Å². The number of hydrogen-bond acceptors (Lipinski definition) is 4. The summed E-state index contributed by atoms with van der Waals surface area (Å²) in [4.78, 5) is 14.4. The normalized spacial score (nSPS) is 12.8. The van der Waals surface area contributed by atoms with Gasteiger partial charge in [0.2, 0.25) is 0 Å². The maximum Gasteiger partial charge on any atom is 0.251 e. The van der Waals surface area contributed by atoms with Crippen molar-refractivity contribution in [2.24, 2.45) is 0 Å². The molecule has 0 aliphatic heterocycles. The Labute approximate surface area is 147 Å². The molecule has 0 spiro atoms. The van der Waals surface area contributed by atoms with Crippen molar-refractivity contribution in [2.75, 3.05) is 26.9 Å². The van der Waals surface area contributed by atoms with Crippen LogP contribution < -0.4 is 5.32 Å². The Morgan fingerprint density at radius 2 is 1.80 bits per heavy atom. The van der Waals surface area contributed by atoms with Gasteiger partial charge in [-0.1, -0.05) is 18.2 Å². The number of nitrogens with one attached hydrogen (secondary N) is 1. The van der Waals surface area contributed by atoms with E-state index < -0.39 is 9.84 Å². The van der Waals surface area contributed by atoms with Crippen LogP contribution in [0.15, 0.2) is 53.4 Å². The average molecular weight is 364 g/mol. The van der Waals surface area contributed by atoms with E-state index in [1.165, 1.54) is 30.3 Å². The molecule has 0 saturated carbocycles. The van der Waals surface area contributed by atoms with Crippen LogP contribution in [0.3, 0.4) is 0 Å². The highest BCUT2D eigenvalue weighted by atomic mass is 32.2. The smallest absolute Gasteiger partial charge is 0.251 e. The standard InChI is InChI=1S/C18H21FN2O3S/c1-21(2)17(13-7-9-15(19)10-8-13)12-20-18(22)14-5-4-6-16(11-14)25(3,23)24/h4-11,17H,12H2,1-3H3,(H,20,22). The summed E-state index contributed by atoms with van der Waals surface area (Å²) in [7, 11) is 0.357. The second-order valence-electron chi connectivity index (χ2n) is 6.04. The van der Waals surface area contributed by atoms with Crippen molar-refractivity contribution < 1.29 is 17.6 Å². The fourth-order valence-electron chi connectivity index (χ4n) is 2.44. The summed E-state index contributed by atoms with van der Waals surface area (Å²) in [6.07, 6.45) is 1.10. The van der Waals surface area contributed by atoms with Gasteiger partial charge in [0.25, 0.3) is 5.91 Å². The van der Waals surface area contributed by atoms with Crippen molar-refractivity contribution in [3.8, 4) is 0 Å². The zero-order valence-corrected chi connectivity index (χ0v) is 15.2. The van der Waals surface area contributed by atoms with Gasteiger partial charge in [-0.15, -0.1) is 0 Å². The molecular weight excluding hydrogens is 343 g/mol. The van der Waals surface area contributed by atoms with Crippen molar-refractivity contribution in [2.45, 2.75) is 10.9 Å². The van der Waals surface area contributed by atoms with E-state index in [9.17, 15) is 17.6 Å². The Bertz CT molecular complexity index is 849. The minimum atomic E-state index is -3.37. The quantitative estimate of drug-likeness (QED) is 0.854. The zero-order valence-electron chi connectivity index (χ0n) is 14.4. The summed E-state index contributed by atoms with van der Waals surface area (Å²) in [5, 5.41) is 2.80. The number of sulfone groups is 1. The maximum absolute atomic E-state index is 13.1. The monoisotopic (exact) mass is 364 g/mol. The lowest BCUT2D eigenvalue weighted by Crippen LogP contribution is -2.34.